The SMILES string of the molecule is CC(O)C(O)C(CO)OCn1cc(-c2ccco2)c2c(N)ncnc21. The maximum atomic E-state index is 9.87. The third-order valence-corrected chi connectivity index (χ3v) is 3.95. The molecule has 9 nitrogen and oxygen atoms in total. The van der Waals surface area contributed by atoms with E-state index >= 15 is 0 Å². The van der Waals surface area contributed by atoms with Gasteiger partial charge in [-0.2, -0.15) is 0 Å². The van der Waals surface area contributed by atoms with Gasteiger partial charge in [0.05, 0.1) is 24.4 Å². The molecule has 3 aromatic rings. The Kier molecular flexibility index (Phi) is 5.00. The quantitative estimate of drug-likeness (QED) is 0.479. The van der Waals surface area contributed by atoms with Gasteiger partial charge in [-0.05, 0) is 19.1 Å². The maximum absolute atomic E-state index is 9.87. The minimum absolute atomic E-state index is 0.0112. The summed E-state index contributed by atoms with van der Waals surface area (Å²) in [5.74, 6) is 0.908. The molecule has 0 aliphatic heterocycles. The molecule has 0 aromatic carbocycles. The summed E-state index contributed by atoms with van der Waals surface area (Å²) >= 11 is 0. The standard InChI is InChI=1S/C16H20N4O5/c1-9(22)14(23)12(6-21)25-8-20-5-10(11-3-2-4-24-11)13-15(17)18-7-19-16(13)20/h2-5,7,9,12,14,21-23H,6,8H2,1H3,(H2,17,18,19). The highest BCUT2D eigenvalue weighted by atomic mass is 16.5. The maximum Gasteiger partial charge on any atom is 0.148 e. The smallest absolute Gasteiger partial charge is 0.148 e. The van der Waals surface area contributed by atoms with Crippen molar-refractivity contribution in [3.63, 3.8) is 0 Å². The van der Waals surface area contributed by atoms with Gasteiger partial charge >= 0.3 is 0 Å². The molecule has 9 heteroatoms. The zero-order valence-corrected chi connectivity index (χ0v) is 13.6. The predicted octanol–water partition coefficient (Wildman–Crippen LogP) is 0.350. The van der Waals surface area contributed by atoms with Crippen LogP contribution in [0, 0.1) is 0 Å². The van der Waals surface area contributed by atoms with Crippen molar-refractivity contribution in [3.05, 3.63) is 30.9 Å². The van der Waals surface area contributed by atoms with Crippen LogP contribution in [-0.4, -0.2) is 54.8 Å². The van der Waals surface area contributed by atoms with E-state index in [1.807, 2.05) is 0 Å². The van der Waals surface area contributed by atoms with Crippen LogP contribution < -0.4 is 5.73 Å². The van der Waals surface area contributed by atoms with E-state index in [-0.39, 0.29) is 6.73 Å². The van der Waals surface area contributed by atoms with Gasteiger partial charge in [0.25, 0.3) is 0 Å². The van der Waals surface area contributed by atoms with Gasteiger partial charge in [0, 0.05) is 11.8 Å². The van der Waals surface area contributed by atoms with Gasteiger partial charge in [0.1, 0.15) is 42.5 Å². The van der Waals surface area contributed by atoms with Crippen molar-refractivity contribution >= 4 is 16.9 Å². The van der Waals surface area contributed by atoms with Gasteiger partial charge in [-0.3, -0.25) is 0 Å². The fraction of sp³-hybridized carbons (Fsp3) is 0.375. The number of nitrogens with zero attached hydrogens (tertiary/aromatic N) is 3. The summed E-state index contributed by atoms with van der Waals surface area (Å²) in [6.45, 7) is 0.973. The summed E-state index contributed by atoms with van der Waals surface area (Å²) in [5.41, 5.74) is 7.22. The lowest BCUT2D eigenvalue weighted by molar-refractivity contribution is -0.119. The Morgan fingerprint density at radius 3 is 2.80 bits per heavy atom. The molecule has 0 fully saturated rings. The first-order valence-corrected chi connectivity index (χ1v) is 7.74. The molecule has 0 saturated carbocycles. The van der Waals surface area contributed by atoms with E-state index in [9.17, 15) is 15.3 Å². The second-order valence-electron chi connectivity index (χ2n) is 5.70. The zero-order chi connectivity index (χ0) is 18.0. The average molecular weight is 348 g/mol. The van der Waals surface area contributed by atoms with Crippen molar-refractivity contribution in [2.45, 2.75) is 32.0 Å². The number of furan rings is 1. The Morgan fingerprint density at radius 1 is 1.36 bits per heavy atom. The predicted molar refractivity (Wildman–Crippen MR) is 89.3 cm³/mol. The first-order chi connectivity index (χ1) is 12.0. The summed E-state index contributed by atoms with van der Waals surface area (Å²) in [5, 5.41) is 29.3. The highest BCUT2D eigenvalue weighted by Crippen LogP contribution is 2.32. The molecule has 3 unspecified atom stereocenters. The van der Waals surface area contributed by atoms with Crippen LogP contribution in [0.25, 0.3) is 22.4 Å². The molecule has 25 heavy (non-hydrogen) atoms. The molecular formula is C16H20N4O5. The van der Waals surface area contributed by atoms with Crippen molar-refractivity contribution in [1.82, 2.24) is 14.5 Å². The highest BCUT2D eigenvalue weighted by molar-refractivity contribution is 5.99. The molecule has 0 radical (unpaired) electrons. The van der Waals surface area contributed by atoms with Crippen LogP contribution in [0.5, 0.6) is 0 Å². The van der Waals surface area contributed by atoms with E-state index in [1.54, 1.807) is 29.2 Å². The van der Waals surface area contributed by atoms with E-state index in [1.165, 1.54) is 13.3 Å². The molecule has 3 rings (SSSR count). The number of aromatic nitrogens is 3. The molecule has 134 valence electrons. The van der Waals surface area contributed by atoms with Gasteiger partial charge in [0.15, 0.2) is 0 Å². The lowest BCUT2D eigenvalue weighted by Gasteiger charge is -2.23. The van der Waals surface area contributed by atoms with Crippen LogP contribution in [0.4, 0.5) is 5.82 Å². The lowest BCUT2D eigenvalue weighted by Crippen LogP contribution is -2.40. The number of aliphatic hydroxyl groups excluding tert-OH is 3. The minimum atomic E-state index is -1.21. The third kappa shape index (κ3) is 3.35. The molecule has 0 aliphatic carbocycles. The number of aliphatic hydroxyl groups is 3. The molecule has 0 saturated heterocycles. The third-order valence-electron chi connectivity index (χ3n) is 3.95. The number of hydrogen-bond acceptors (Lipinski definition) is 8. The van der Waals surface area contributed by atoms with Crippen molar-refractivity contribution in [3.8, 4) is 11.3 Å². The molecule has 0 spiro atoms. The normalized spacial score (nSPS) is 15.4. The second kappa shape index (κ2) is 7.19. The number of hydrogen-bond donors (Lipinski definition) is 4. The van der Waals surface area contributed by atoms with Crippen molar-refractivity contribution in [2.24, 2.45) is 0 Å². The Morgan fingerprint density at radius 2 is 2.16 bits per heavy atom. The monoisotopic (exact) mass is 348 g/mol. The van der Waals surface area contributed by atoms with E-state index in [2.05, 4.69) is 9.97 Å². The van der Waals surface area contributed by atoms with Gasteiger partial charge in [-0.1, -0.05) is 0 Å². The van der Waals surface area contributed by atoms with Crippen LogP contribution >= 0.6 is 0 Å². The first-order valence-electron chi connectivity index (χ1n) is 7.74. The van der Waals surface area contributed by atoms with Gasteiger partial charge in [-0.15, -0.1) is 0 Å². The fourth-order valence-electron chi connectivity index (χ4n) is 2.61. The summed E-state index contributed by atoms with van der Waals surface area (Å²) in [6, 6.07) is 3.55. The summed E-state index contributed by atoms with van der Waals surface area (Å²) in [7, 11) is 0. The average Bonchev–Trinajstić information content (AvgIpc) is 3.23. The van der Waals surface area contributed by atoms with E-state index in [4.69, 9.17) is 14.9 Å². The fourth-order valence-corrected chi connectivity index (χ4v) is 2.61. The molecule has 3 atom stereocenters. The van der Waals surface area contributed by atoms with E-state index < -0.39 is 24.9 Å². The number of ether oxygens (including phenoxy) is 1. The van der Waals surface area contributed by atoms with Crippen LogP contribution in [0.2, 0.25) is 0 Å². The summed E-state index contributed by atoms with van der Waals surface area (Å²) in [4.78, 5) is 8.24. The number of fused-ring (bicyclic) bond motifs is 1. The van der Waals surface area contributed by atoms with Crippen molar-refractivity contribution < 1.29 is 24.5 Å². The van der Waals surface area contributed by atoms with Gasteiger partial charge in [-0.25, -0.2) is 9.97 Å². The van der Waals surface area contributed by atoms with E-state index in [0.717, 1.165) is 0 Å². The topological polar surface area (TPSA) is 140 Å². The first kappa shape index (κ1) is 17.4. The molecule has 3 heterocycles. The number of nitrogen functional groups attached to an aromatic ring is 1. The number of nitrogens with two attached hydrogens (primary N) is 1. The minimum Gasteiger partial charge on any atom is -0.464 e. The van der Waals surface area contributed by atoms with Crippen molar-refractivity contribution in [2.75, 3.05) is 12.3 Å². The zero-order valence-electron chi connectivity index (χ0n) is 13.6. The Hall–Kier alpha value is -2.46. The van der Waals surface area contributed by atoms with Crippen LogP contribution in [0.3, 0.4) is 0 Å². The second-order valence-corrected chi connectivity index (χ2v) is 5.70. The van der Waals surface area contributed by atoms with Crippen LogP contribution in [-0.2, 0) is 11.5 Å². The number of anilines is 1. The highest BCUT2D eigenvalue weighted by Gasteiger charge is 2.24. The Labute approximate surface area is 143 Å². The van der Waals surface area contributed by atoms with E-state index in [0.29, 0.717) is 28.2 Å². The molecule has 0 bridgehead atoms. The summed E-state index contributed by atoms with van der Waals surface area (Å²) in [6.07, 6.45) is 1.46. The van der Waals surface area contributed by atoms with Crippen LogP contribution in [0.1, 0.15) is 6.92 Å². The molecular weight excluding hydrogens is 328 g/mol. The molecule has 0 aliphatic rings. The number of rotatable bonds is 7. The Bertz CT molecular complexity index is 831. The van der Waals surface area contributed by atoms with Gasteiger partial charge in [0.2, 0.25) is 0 Å². The van der Waals surface area contributed by atoms with Gasteiger partial charge < -0.3 is 34.8 Å². The lowest BCUT2D eigenvalue weighted by atomic mass is 10.1. The molecule has 5 N–H and O–H groups in total. The largest absolute Gasteiger partial charge is 0.464 e. The summed E-state index contributed by atoms with van der Waals surface area (Å²) < 4.78 is 12.7. The van der Waals surface area contributed by atoms with Crippen molar-refractivity contribution in [1.29, 1.82) is 0 Å². The molecule has 3 aromatic heterocycles. The molecule has 0 amide bonds. The van der Waals surface area contributed by atoms with Crippen LogP contribution in [0.15, 0.2) is 35.3 Å². The Balaban J connectivity index is 1.93.